The van der Waals surface area contributed by atoms with E-state index < -0.39 is 55.3 Å². The van der Waals surface area contributed by atoms with Crippen molar-refractivity contribution in [2.24, 2.45) is 0 Å². The summed E-state index contributed by atoms with van der Waals surface area (Å²) < 4.78 is 17.2. The molecular weight excluding hydrogens is 428 g/mol. The number of fused-ring (bicyclic) bond motifs is 1. The maximum Gasteiger partial charge on any atom is 0.187 e. The van der Waals surface area contributed by atoms with Gasteiger partial charge in [-0.15, -0.1) is 0 Å². The molecule has 32 heavy (non-hydrogen) atoms. The molecule has 0 bridgehead atoms. The molecular formula is C21H24O11. The molecule has 2 aliphatic heterocycles. The summed E-state index contributed by atoms with van der Waals surface area (Å²) in [6.45, 7) is -0.635. The van der Waals surface area contributed by atoms with Crippen LogP contribution in [0.1, 0.15) is 17.2 Å². The number of aromatic hydroxyl groups is 4. The van der Waals surface area contributed by atoms with Gasteiger partial charge in [-0.3, -0.25) is 0 Å². The number of rotatable bonds is 4. The van der Waals surface area contributed by atoms with E-state index in [1.54, 1.807) is 0 Å². The molecule has 0 saturated carbocycles. The summed E-state index contributed by atoms with van der Waals surface area (Å²) in [5, 5.41) is 79.4. The van der Waals surface area contributed by atoms with E-state index in [0.29, 0.717) is 11.1 Å². The number of hydrogen-bond acceptors (Lipinski definition) is 11. The van der Waals surface area contributed by atoms with E-state index in [-0.39, 0.29) is 29.4 Å². The Morgan fingerprint density at radius 3 is 2.31 bits per heavy atom. The molecule has 0 aliphatic carbocycles. The van der Waals surface area contributed by atoms with Crippen molar-refractivity contribution in [1.29, 1.82) is 0 Å². The van der Waals surface area contributed by atoms with Gasteiger partial charge in [-0.05, 0) is 17.7 Å². The standard InChI is InChI=1S/C21H24O11/c22-7-16-17(27)18(28)19(29)21(32-16)31-15-6-10-12(25)4-9(23)5-14(10)30-20(15)8-1-2-11(24)13(26)3-8/h1-5,15-29H,6-7H2/t15-,16+,17-,18-,19+,20+,21+/m0/s1. The van der Waals surface area contributed by atoms with Gasteiger partial charge < -0.3 is 55.1 Å². The fourth-order valence-electron chi connectivity index (χ4n) is 3.92. The summed E-state index contributed by atoms with van der Waals surface area (Å²) in [7, 11) is 0. The van der Waals surface area contributed by atoms with Crippen molar-refractivity contribution in [3.05, 3.63) is 41.5 Å². The van der Waals surface area contributed by atoms with E-state index in [1.165, 1.54) is 24.3 Å². The van der Waals surface area contributed by atoms with Crippen LogP contribution in [0.2, 0.25) is 0 Å². The SMILES string of the molecule is OC[C@H]1O[C@@H](O[C@H]2Cc3c(O)cc(O)cc3O[C@@H]2c2ccc(O)c(O)c2)[C@H](O)[C@@H](O)[C@H]1O. The molecule has 174 valence electrons. The van der Waals surface area contributed by atoms with Gasteiger partial charge in [0, 0.05) is 24.1 Å². The Bertz CT molecular complexity index is 978. The first-order valence-electron chi connectivity index (χ1n) is 9.89. The van der Waals surface area contributed by atoms with Gasteiger partial charge in [0.2, 0.25) is 0 Å². The number of aliphatic hydroxyl groups excluding tert-OH is 4. The number of ether oxygens (including phenoxy) is 3. The van der Waals surface area contributed by atoms with Gasteiger partial charge in [0.25, 0.3) is 0 Å². The van der Waals surface area contributed by atoms with Crippen LogP contribution in [0.15, 0.2) is 30.3 Å². The normalized spacial score (nSPS) is 32.2. The van der Waals surface area contributed by atoms with Crippen LogP contribution in [0.5, 0.6) is 28.7 Å². The first kappa shape index (κ1) is 22.4. The molecule has 4 rings (SSSR count). The predicted octanol–water partition coefficient (Wildman–Crippen LogP) is -0.630. The molecule has 0 unspecified atom stereocenters. The summed E-state index contributed by atoms with van der Waals surface area (Å²) in [5.41, 5.74) is 0.667. The van der Waals surface area contributed by atoms with Crippen molar-refractivity contribution in [3.8, 4) is 28.7 Å². The molecule has 2 aromatic rings. The molecule has 1 fully saturated rings. The molecule has 0 radical (unpaired) electrons. The van der Waals surface area contributed by atoms with E-state index in [1.807, 2.05) is 0 Å². The second-order valence-corrected chi connectivity index (χ2v) is 7.80. The van der Waals surface area contributed by atoms with Crippen LogP contribution in [0.4, 0.5) is 0 Å². The smallest absolute Gasteiger partial charge is 0.187 e. The van der Waals surface area contributed by atoms with E-state index in [4.69, 9.17) is 14.2 Å². The highest BCUT2D eigenvalue weighted by atomic mass is 16.7. The van der Waals surface area contributed by atoms with Gasteiger partial charge in [-0.2, -0.15) is 0 Å². The molecule has 0 amide bonds. The lowest BCUT2D eigenvalue weighted by Crippen LogP contribution is -2.60. The number of aliphatic hydroxyl groups is 4. The lowest BCUT2D eigenvalue weighted by atomic mass is 9.93. The Morgan fingerprint density at radius 2 is 1.62 bits per heavy atom. The Hall–Kier alpha value is -2.80. The van der Waals surface area contributed by atoms with E-state index in [0.717, 1.165) is 6.07 Å². The zero-order valence-corrected chi connectivity index (χ0v) is 16.6. The molecule has 0 spiro atoms. The third kappa shape index (κ3) is 4.01. The fourth-order valence-corrected chi connectivity index (χ4v) is 3.92. The van der Waals surface area contributed by atoms with Gasteiger partial charge in [0.15, 0.2) is 23.9 Å². The number of benzene rings is 2. The zero-order chi connectivity index (χ0) is 23.2. The second kappa shape index (κ2) is 8.62. The maximum absolute atomic E-state index is 10.3. The summed E-state index contributed by atoms with van der Waals surface area (Å²) in [6, 6.07) is 6.38. The second-order valence-electron chi connectivity index (χ2n) is 7.80. The third-order valence-electron chi connectivity index (χ3n) is 5.65. The summed E-state index contributed by atoms with van der Waals surface area (Å²) in [5.74, 6) is -1.10. The predicted molar refractivity (Wildman–Crippen MR) is 105 cm³/mol. The van der Waals surface area contributed by atoms with Crippen LogP contribution in [-0.2, 0) is 15.9 Å². The van der Waals surface area contributed by atoms with Crippen LogP contribution < -0.4 is 4.74 Å². The Kier molecular flexibility index (Phi) is 6.03. The molecule has 2 aromatic carbocycles. The molecule has 2 heterocycles. The first-order chi connectivity index (χ1) is 15.2. The Morgan fingerprint density at radius 1 is 0.875 bits per heavy atom. The van der Waals surface area contributed by atoms with Gasteiger partial charge in [-0.25, -0.2) is 0 Å². The van der Waals surface area contributed by atoms with Gasteiger partial charge in [0.05, 0.1) is 6.61 Å². The van der Waals surface area contributed by atoms with Crippen LogP contribution in [0, 0.1) is 0 Å². The lowest BCUT2D eigenvalue weighted by molar-refractivity contribution is -0.317. The van der Waals surface area contributed by atoms with Crippen molar-refractivity contribution in [3.63, 3.8) is 0 Å². The average Bonchev–Trinajstić information content (AvgIpc) is 2.76. The highest BCUT2D eigenvalue weighted by Gasteiger charge is 2.46. The minimum Gasteiger partial charge on any atom is -0.508 e. The lowest BCUT2D eigenvalue weighted by Gasteiger charge is -2.43. The van der Waals surface area contributed by atoms with Crippen LogP contribution >= 0.6 is 0 Å². The van der Waals surface area contributed by atoms with Crippen LogP contribution in [0.25, 0.3) is 0 Å². The highest BCUT2D eigenvalue weighted by molar-refractivity contribution is 5.52. The minimum atomic E-state index is -1.66. The largest absolute Gasteiger partial charge is 0.508 e. The first-order valence-corrected chi connectivity index (χ1v) is 9.89. The van der Waals surface area contributed by atoms with Crippen molar-refractivity contribution in [2.75, 3.05) is 6.61 Å². The molecule has 11 nitrogen and oxygen atoms in total. The Labute approximate surface area is 181 Å². The van der Waals surface area contributed by atoms with Crippen molar-refractivity contribution < 1.29 is 55.1 Å². The highest BCUT2D eigenvalue weighted by Crippen LogP contribution is 2.44. The minimum absolute atomic E-state index is 0.0166. The monoisotopic (exact) mass is 452 g/mol. The Balaban J connectivity index is 1.68. The van der Waals surface area contributed by atoms with Crippen molar-refractivity contribution >= 4 is 0 Å². The zero-order valence-electron chi connectivity index (χ0n) is 16.6. The molecule has 1 saturated heterocycles. The fraction of sp³-hybridized carbons (Fsp3) is 0.429. The topological polar surface area (TPSA) is 190 Å². The average molecular weight is 452 g/mol. The van der Waals surface area contributed by atoms with Crippen LogP contribution in [0.3, 0.4) is 0 Å². The van der Waals surface area contributed by atoms with Crippen molar-refractivity contribution in [2.45, 2.75) is 49.3 Å². The molecule has 8 N–H and O–H groups in total. The number of phenolic OH excluding ortho intramolecular Hbond substituents is 4. The van der Waals surface area contributed by atoms with E-state index in [2.05, 4.69) is 0 Å². The van der Waals surface area contributed by atoms with E-state index in [9.17, 15) is 40.9 Å². The number of hydrogen-bond donors (Lipinski definition) is 8. The number of phenols is 4. The summed E-state index contributed by atoms with van der Waals surface area (Å²) >= 11 is 0. The van der Waals surface area contributed by atoms with Crippen LogP contribution in [-0.4, -0.2) is 84.3 Å². The molecule has 11 heteroatoms. The molecule has 7 atom stereocenters. The molecule has 0 aromatic heterocycles. The van der Waals surface area contributed by atoms with E-state index >= 15 is 0 Å². The van der Waals surface area contributed by atoms with Gasteiger partial charge in [0.1, 0.15) is 47.8 Å². The quantitative estimate of drug-likeness (QED) is 0.276. The van der Waals surface area contributed by atoms with Gasteiger partial charge >= 0.3 is 0 Å². The van der Waals surface area contributed by atoms with Crippen molar-refractivity contribution in [1.82, 2.24) is 0 Å². The summed E-state index contributed by atoms with van der Waals surface area (Å²) in [6.07, 6.45) is -9.41. The summed E-state index contributed by atoms with van der Waals surface area (Å²) in [4.78, 5) is 0. The third-order valence-corrected chi connectivity index (χ3v) is 5.65. The maximum atomic E-state index is 10.3. The molecule has 2 aliphatic rings. The van der Waals surface area contributed by atoms with Gasteiger partial charge in [-0.1, -0.05) is 6.07 Å².